The number of anilines is 2. The highest BCUT2D eigenvalue weighted by Crippen LogP contribution is 2.18. The van der Waals surface area contributed by atoms with E-state index in [4.69, 9.17) is 4.74 Å². The van der Waals surface area contributed by atoms with Crippen molar-refractivity contribution in [1.82, 2.24) is 19.7 Å². The van der Waals surface area contributed by atoms with E-state index in [2.05, 4.69) is 41.2 Å². The largest absolute Gasteiger partial charge is 0.481 e. The van der Waals surface area contributed by atoms with Crippen LogP contribution in [0.3, 0.4) is 0 Å². The van der Waals surface area contributed by atoms with Crippen molar-refractivity contribution in [3.63, 3.8) is 0 Å². The quantitative estimate of drug-likeness (QED) is 0.900. The second kappa shape index (κ2) is 4.64. The molecule has 18 heavy (non-hydrogen) atoms. The van der Waals surface area contributed by atoms with Crippen LogP contribution in [-0.4, -0.2) is 26.9 Å². The predicted octanol–water partition coefficient (Wildman–Crippen LogP) is 2.18. The van der Waals surface area contributed by atoms with E-state index >= 15 is 0 Å². The summed E-state index contributed by atoms with van der Waals surface area (Å²) in [7, 11) is 1.57. The zero-order chi connectivity index (χ0) is 13.2. The highest BCUT2D eigenvalue weighted by atomic mass is 16.5. The molecule has 2 aromatic heterocycles. The first-order valence-electron chi connectivity index (χ1n) is 5.68. The molecular formula is C12H17N5O. The Kier molecular flexibility index (Phi) is 3.18. The molecule has 0 aliphatic heterocycles. The molecule has 96 valence electrons. The molecule has 0 unspecified atom stereocenters. The number of hydrogen-bond donors (Lipinski definition) is 1. The molecule has 6 heteroatoms. The van der Waals surface area contributed by atoms with Crippen LogP contribution in [0.4, 0.5) is 11.6 Å². The SMILES string of the molecule is COc1ccnc(Nc2cnn(C(C)(C)C)c2)n1. The molecule has 2 heterocycles. The first kappa shape index (κ1) is 12.3. The molecule has 0 aliphatic carbocycles. The Hall–Kier alpha value is -2.11. The molecule has 0 amide bonds. The molecule has 0 fully saturated rings. The third kappa shape index (κ3) is 2.77. The van der Waals surface area contributed by atoms with Crippen molar-refractivity contribution in [3.05, 3.63) is 24.7 Å². The van der Waals surface area contributed by atoms with Crippen LogP contribution in [0.1, 0.15) is 20.8 Å². The molecule has 0 radical (unpaired) electrons. The Morgan fingerprint density at radius 3 is 2.72 bits per heavy atom. The van der Waals surface area contributed by atoms with Crippen LogP contribution in [0.2, 0.25) is 0 Å². The summed E-state index contributed by atoms with van der Waals surface area (Å²) in [5.74, 6) is 1.01. The van der Waals surface area contributed by atoms with E-state index in [9.17, 15) is 0 Å². The fourth-order valence-electron chi connectivity index (χ4n) is 1.40. The Labute approximate surface area is 106 Å². The van der Waals surface area contributed by atoms with Gasteiger partial charge in [-0.15, -0.1) is 0 Å². The average Bonchev–Trinajstić information content (AvgIpc) is 2.77. The molecule has 2 rings (SSSR count). The number of hydrogen-bond acceptors (Lipinski definition) is 5. The fourth-order valence-corrected chi connectivity index (χ4v) is 1.40. The predicted molar refractivity (Wildman–Crippen MR) is 69.1 cm³/mol. The smallest absolute Gasteiger partial charge is 0.230 e. The highest BCUT2D eigenvalue weighted by molar-refractivity contribution is 5.50. The summed E-state index contributed by atoms with van der Waals surface area (Å²) < 4.78 is 6.92. The lowest BCUT2D eigenvalue weighted by atomic mass is 10.1. The van der Waals surface area contributed by atoms with E-state index in [0.717, 1.165) is 5.69 Å². The van der Waals surface area contributed by atoms with Crippen LogP contribution >= 0.6 is 0 Å². The zero-order valence-corrected chi connectivity index (χ0v) is 11.0. The van der Waals surface area contributed by atoms with Crippen molar-refractivity contribution < 1.29 is 4.74 Å². The first-order chi connectivity index (χ1) is 8.49. The number of nitrogens with zero attached hydrogens (tertiary/aromatic N) is 4. The van der Waals surface area contributed by atoms with Crippen LogP contribution in [0, 0.1) is 0 Å². The molecule has 6 nitrogen and oxygen atoms in total. The van der Waals surface area contributed by atoms with E-state index in [0.29, 0.717) is 11.8 Å². The highest BCUT2D eigenvalue weighted by Gasteiger charge is 2.14. The Morgan fingerprint density at radius 1 is 1.33 bits per heavy atom. The molecule has 0 bridgehead atoms. The second-order valence-electron chi connectivity index (χ2n) is 4.89. The van der Waals surface area contributed by atoms with Gasteiger partial charge in [-0.1, -0.05) is 0 Å². The molecule has 0 saturated heterocycles. The van der Waals surface area contributed by atoms with E-state index < -0.39 is 0 Å². The molecule has 1 N–H and O–H groups in total. The van der Waals surface area contributed by atoms with Crippen molar-refractivity contribution in [1.29, 1.82) is 0 Å². The minimum absolute atomic E-state index is 0.0465. The van der Waals surface area contributed by atoms with E-state index in [1.54, 1.807) is 25.6 Å². The average molecular weight is 247 g/mol. The van der Waals surface area contributed by atoms with Crippen LogP contribution < -0.4 is 10.1 Å². The Balaban J connectivity index is 2.16. The maximum atomic E-state index is 5.04. The van der Waals surface area contributed by atoms with Gasteiger partial charge in [0.25, 0.3) is 0 Å². The van der Waals surface area contributed by atoms with Gasteiger partial charge in [-0.3, -0.25) is 4.68 Å². The summed E-state index contributed by atoms with van der Waals surface area (Å²) in [5.41, 5.74) is 0.799. The maximum absolute atomic E-state index is 5.04. The molecule has 2 aromatic rings. The van der Waals surface area contributed by atoms with Crippen LogP contribution in [-0.2, 0) is 5.54 Å². The number of rotatable bonds is 3. The zero-order valence-electron chi connectivity index (χ0n) is 11.0. The van der Waals surface area contributed by atoms with Gasteiger partial charge in [0, 0.05) is 18.5 Å². The molecule has 0 atom stereocenters. The second-order valence-corrected chi connectivity index (χ2v) is 4.89. The maximum Gasteiger partial charge on any atom is 0.230 e. The summed E-state index contributed by atoms with van der Waals surface area (Å²) >= 11 is 0. The lowest BCUT2D eigenvalue weighted by molar-refractivity contribution is 0.355. The molecule has 0 spiro atoms. The lowest BCUT2D eigenvalue weighted by Gasteiger charge is -2.18. The summed E-state index contributed by atoms with van der Waals surface area (Å²) in [5, 5.41) is 7.38. The third-order valence-electron chi connectivity index (χ3n) is 2.37. The molecule has 0 saturated carbocycles. The van der Waals surface area contributed by atoms with E-state index in [-0.39, 0.29) is 5.54 Å². The third-order valence-corrected chi connectivity index (χ3v) is 2.37. The normalized spacial score (nSPS) is 11.3. The summed E-state index contributed by atoms with van der Waals surface area (Å²) in [4.78, 5) is 8.29. The summed E-state index contributed by atoms with van der Waals surface area (Å²) in [6.07, 6.45) is 5.30. The van der Waals surface area contributed by atoms with Crippen molar-refractivity contribution in [2.24, 2.45) is 0 Å². The van der Waals surface area contributed by atoms with Gasteiger partial charge in [-0.05, 0) is 20.8 Å². The summed E-state index contributed by atoms with van der Waals surface area (Å²) in [6.45, 7) is 6.27. The number of nitrogens with one attached hydrogen (secondary N) is 1. The van der Waals surface area contributed by atoms with Crippen molar-refractivity contribution in [2.45, 2.75) is 26.3 Å². The molecular weight excluding hydrogens is 230 g/mol. The Morgan fingerprint density at radius 2 is 2.11 bits per heavy atom. The van der Waals surface area contributed by atoms with E-state index in [1.165, 1.54) is 0 Å². The van der Waals surface area contributed by atoms with Crippen molar-refractivity contribution >= 4 is 11.6 Å². The van der Waals surface area contributed by atoms with Crippen molar-refractivity contribution in [3.8, 4) is 5.88 Å². The van der Waals surface area contributed by atoms with Crippen molar-refractivity contribution in [2.75, 3.05) is 12.4 Å². The molecule has 0 aromatic carbocycles. The van der Waals surface area contributed by atoms with Crippen LogP contribution in [0.15, 0.2) is 24.7 Å². The number of ether oxygens (including phenoxy) is 1. The van der Waals surface area contributed by atoms with Crippen LogP contribution in [0.25, 0.3) is 0 Å². The minimum atomic E-state index is -0.0465. The topological polar surface area (TPSA) is 64.9 Å². The minimum Gasteiger partial charge on any atom is -0.481 e. The van der Waals surface area contributed by atoms with Gasteiger partial charge < -0.3 is 10.1 Å². The lowest BCUT2D eigenvalue weighted by Crippen LogP contribution is -2.21. The van der Waals surface area contributed by atoms with E-state index in [1.807, 2.05) is 10.9 Å². The van der Waals surface area contributed by atoms with Gasteiger partial charge in [-0.25, -0.2) is 4.98 Å². The standard InChI is InChI=1S/C12H17N5O/c1-12(2,3)17-8-9(7-14-17)15-11-13-6-5-10(16-11)18-4/h5-8H,1-4H3,(H,13,15,16). The number of aromatic nitrogens is 4. The van der Waals surface area contributed by atoms with Gasteiger partial charge in [0.2, 0.25) is 11.8 Å². The fraction of sp³-hybridized carbons (Fsp3) is 0.417. The summed E-state index contributed by atoms with van der Waals surface area (Å²) in [6, 6.07) is 1.70. The van der Waals surface area contributed by atoms with Gasteiger partial charge in [-0.2, -0.15) is 10.1 Å². The molecule has 0 aliphatic rings. The number of methoxy groups -OCH3 is 1. The van der Waals surface area contributed by atoms with Gasteiger partial charge in [0.05, 0.1) is 24.5 Å². The van der Waals surface area contributed by atoms with Gasteiger partial charge in [0.1, 0.15) is 0 Å². The first-order valence-corrected chi connectivity index (χ1v) is 5.68. The van der Waals surface area contributed by atoms with Gasteiger partial charge in [0.15, 0.2) is 0 Å². The van der Waals surface area contributed by atoms with Crippen LogP contribution in [0.5, 0.6) is 5.88 Å². The Bertz CT molecular complexity index is 529. The van der Waals surface area contributed by atoms with Gasteiger partial charge >= 0.3 is 0 Å². The monoisotopic (exact) mass is 247 g/mol.